The first-order valence-electron chi connectivity index (χ1n) is 6.67. The molecule has 5 heteroatoms. The summed E-state index contributed by atoms with van der Waals surface area (Å²) >= 11 is 0. The first-order valence-corrected chi connectivity index (χ1v) is 6.67. The molecule has 0 radical (unpaired) electrons. The fraction of sp³-hybridized carbons (Fsp3) is 0.571. The van der Waals surface area contributed by atoms with Gasteiger partial charge in [-0.2, -0.15) is 0 Å². The zero-order valence-corrected chi connectivity index (χ0v) is 11.1. The molecule has 1 aromatic carbocycles. The molecule has 1 aromatic rings. The summed E-state index contributed by atoms with van der Waals surface area (Å²) in [7, 11) is 0. The first-order chi connectivity index (χ1) is 9.08. The highest BCUT2D eigenvalue weighted by Gasteiger charge is 2.37. The van der Waals surface area contributed by atoms with E-state index in [2.05, 4.69) is 11.8 Å². The van der Waals surface area contributed by atoms with Crippen LogP contribution in [0, 0.1) is 10.1 Å². The Balaban J connectivity index is 1.81. The van der Waals surface area contributed by atoms with Gasteiger partial charge in [-0.15, -0.1) is 0 Å². The number of fused-ring (bicyclic) bond motifs is 1. The molecule has 1 saturated heterocycles. The van der Waals surface area contributed by atoms with Crippen LogP contribution in [0.3, 0.4) is 0 Å². The van der Waals surface area contributed by atoms with E-state index in [1.165, 1.54) is 5.56 Å². The standard InChI is InChI=1S/C14H18N2O3/c1-14(4-6-19-7-5-14)15-9-11-2-3-13(16(17)18)8-12(11)10-15/h2-3,8H,4-7,9-10H2,1H3. The van der Waals surface area contributed by atoms with Gasteiger partial charge in [0.25, 0.3) is 5.69 Å². The summed E-state index contributed by atoms with van der Waals surface area (Å²) < 4.78 is 5.44. The zero-order valence-electron chi connectivity index (χ0n) is 11.1. The average Bonchev–Trinajstić information content (AvgIpc) is 2.83. The van der Waals surface area contributed by atoms with Crippen LogP contribution < -0.4 is 0 Å². The van der Waals surface area contributed by atoms with Crippen LogP contribution in [-0.4, -0.2) is 28.6 Å². The molecule has 2 heterocycles. The van der Waals surface area contributed by atoms with Gasteiger partial charge in [0.15, 0.2) is 0 Å². The van der Waals surface area contributed by atoms with Crippen LogP contribution in [0.1, 0.15) is 30.9 Å². The Labute approximate surface area is 112 Å². The minimum Gasteiger partial charge on any atom is -0.381 e. The normalized spacial score (nSPS) is 22.2. The Bertz CT molecular complexity index is 509. The molecular weight excluding hydrogens is 244 g/mol. The minimum absolute atomic E-state index is 0.159. The predicted octanol–water partition coefficient (Wildman–Crippen LogP) is 2.48. The highest BCUT2D eigenvalue weighted by atomic mass is 16.6. The summed E-state index contributed by atoms with van der Waals surface area (Å²) in [6, 6.07) is 5.23. The molecule has 102 valence electrons. The molecule has 0 bridgehead atoms. The largest absolute Gasteiger partial charge is 0.381 e. The minimum atomic E-state index is -0.320. The summed E-state index contributed by atoms with van der Waals surface area (Å²) in [4.78, 5) is 12.9. The van der Waals surface area contributed by atoms with Crippen molar-refractivity contribution < 1.29 is 9.66 Å². The van der Waals surface area contributed by atoms with E-state index in [0.717, 1.165) is 44.7 Å². The monoisotopic (exact) mass is 262 g/mol. The van der Waals surface area contributed by atoms with Crippen molar-refractivity contribution in [3.8, 4) is 0 Å². The van der Waals surface area contributed by atoms with E-state index in [1.807, 2.05) is 6.07 Å². The number of ether oxygens (including phenoxy) is 1. The summed E-state index contributed by atoms with van der Waals surface area (Å²) in [5.74, 6) is 0. The SMILES string of the molecule is CC1(N2Cc3ccc([N+](=O)[O-])cc3C2)CCOCC1. The fourth-order valence-electron chi connectivity index (χ4n) is 3.00. The van der Waals surface area contributed by atoms with Crippen molar-refractivity contribution in [3.05, 3.63) is 39.4 Å². The highest BCUT2D eigenvalue weighted by molar-refractivity contribution is 5.42. The smallest absolute Gasteiger partial charge is 0.269 e. The number of hydrogen-bond donors (Lipinski definition) is 0. The summed E-state index contributed by atoms with van der Waals surface area (Å²) in [5.41, 5.74) is 2.67. The Hall–Kier alpha value is -1.46. The van der Waals surface area contributed by atoms with E-state index in [0.29, 0.717) is 0 Å². The number of rotatable bonds is 2. The lowest BCUT2D eigenvalue weighted by Crippen LogP contribution is -2.47. The maximum Gasteiger partial charge on any atom is 0.269 e. The quantitative estimate of drug-likeness (QED) is 0.607. The number of nitro groups is 1. The van der Waals surface area contributed by atoms with Crippen LogP contribution in [-0.2, 0) is 17.8 Å². The van der Waals surface area contributed by atoms with Crippen molar-refractivity contribution in [2.24, 2.45) is 0 Å². The van der Waals surface area contributed by atoms with E-state index in [9.17, 15) is 10.1 Å². The van der Waals surface area contributed by atoms with Gasteiger partial charge in [0.05, 0.1) is 4.92 Å². The topological polar surface area (TPSA) is 55.6 Å². The van der Waals surface area contributed by atoms with Gasteiger partial charge in [0, 0.05) is 44.0 Å². The van der Waals surface area contributed by atoms with Gasteiger partial charge >= 0.3 is 0 Å². The lowest BCUT2D eigenvalue weighted by atomic mass is 9.90. The molecule has 19 heavy (non-hydrogen) atoms. The average molecular weight is 262 g/mol. The summed E-state index contributed by atoms with van der Waals surface area (Å²) in [5, 5.41) is 10.8. The number of nitrogens with zero attached hydrogens (tertiary/aromatic N) is 2. The van der Waals surface area contributed by atoms with Crippen LogP contribution in [0.25, 0.3) is 0 Å². The molecule has 0 spiro atoms. The van der Waals surface area contributed by atoms with E-state index in [-0.39, 0.29) is 16.1 Å². The first kappa shape index (κ1) is 12.6. The van der Waals surface area contributed by atoms with Crippen molar-refractivity contribution in [3.63, 3.8) is 0 Å². The van der Waals surface area contributed by atoms with Crippen LogP contribution in [0.5, 0.6) is 0 Å². The molecule has 0 aliphatic carbocycles. The molecule has 2 aliphatic heterocycles. The zero-order chi connectivity index (χ0) is 13.5. The van der Waals surface area contributed by atoms with E-state index in [1.54, 1.807) is 12.1 Å². The Morgan fingerprint density at radius 1 is 1.26 bits per heavy atom. The number of hydrogen-bond acceptors (Lipinski definition) is 4. The van der Waals surface area contributed by atoms with Crippen molar-refractivity contribution in [1.82, 2.24) is 4.90 Å². The maximum absolute atomic E-state index is 10.8. The number of benzene rings is 1. The molecule has 2 aliphatic rings. The lowest BCUT2D eigenvalue weighted by molar-refractivity contribution is -0.384. The maximum atomic E-state index is 10.8. The van der Waals surface area contributed by atoms with E-state index in [4.69, 9.17) is 4.74 Å². The predicted molar refractivity (Wildman–Crippen MR) is 70.8 cm³/mol. The number of nitro benzene ring substituents is 1. The lowest BCUT2D eigenvalue weighted by Gasteiger charge is -2.41. The van der Waals surface area contributed by atoms with Gasteiger partial charge in [0.2, 0.25) is 0 Å². The van der Waals surface area contributed by atoms with Crippen molar-refractivity contribution in [1.29, 1.82) is 0 Å². The molecule has 0 amide bonds. The molecule has 0 saturated carbocycles. The second kappa shape index (κ2) is 4.58. The van der Waals surface area contributed by atoms with Crippen LogP contribution in [0.2, 0.25) is 0 Å². The van der Waals surface area contributed by atoms with Gasteiger partial charge in [-0.3, -0.25) is 15.0 Å². The third kappa shape index (κ3) is 2.24. The van der Waals surface area contributed by atoms with Crippen LogP contribution >= 0.6 is 0 Å². The Morgan fingerprint density at radius 3 is 2.63 bits per heavy atom. The second-order valence-corrected chi connectivity index (χ2v) is 5.68. The van der Waals surface area contributed by atoms with E-state index >= 15 is 0 Å². The van der Waals surface area contributed by atoms with Crippen LogP contribution in [0.15, 0.2) is 18.2 Å². The summed E-state index contributed by atoms with van der Waals surface area (Å²) in [6.45, 7) is 5.60. The molecule has 1 fully saturated rings. The van der Waals surface area contributed by atoms with Crippen LogP contribution in [0.4, 0.5) is 5.69 Å². The van der Waals surface area contributed by atoms with Gasteiger partial charge < -0.3 is 4.74 Å². The van der Waals surface area contributed by atoms with Gasteiger partial charge in [-0.1, -0.05) is 6.07 Å². The molecular formula is C14H18N2O3. The van der Waals surface area contributed by atoms with Gasteiger partial charge in [-0.05, 0) is 30.9 Å². The Morgan fingerprint density at radius 2 is 1.95 bits per heavy atom. The molecule has 0 N–H and O–H groups in total. The molecule has 0 atom stereocenters. The summed E-state index contributed by atoms with van der Waals surface area (Å²) in [6.07, 6.45) is 2.06. The van der Waals surface area contributed by atoms with Gasteiger partial charge in [-0.25, -0.2) is 0 Å². The highest BCUT2D eigenvalue weighted by Crippen LogP contribution is 2.36. The number of non-ortho nitro benzene ring substituents is 1. The third-order valence-electron chi connectivity index (χ3n) is 4.46. The fourth-order valence-corrected chi connectivity index (χ4v) is 3.00. The van der Waals surface area contributed by atoms with Crippen molar-refractivity contribution in [2.75, 3.05) is 13.2 Å². The molecule has 3 rings (SSSR count). The molecule has 0 unspecified atom stereocenters. The second-order valence-electron chi connectivity index (χ2n) is 5.68. The molecule has 5 nitrogen and oxygen atoms in total. The van der Waals surface area contributed by atoms with E-state index < -0.39 is 0 Å². The Kier molecular flexibility index (Phi) is 3.03. The van der Waals surface area contributed by atoms with Crippen molar-refractivity contribution >= 4 is 5.69 Å². The van der Waals surface area contributed by atoms with Crippen molar-refractivity contribution in [2.45, 2.75) is 38.4 Å². The molecule has 0 aromatic heterocycles. The third-order valence-corrected chi connectivity index (χ3v) is 4.46. The van der Waals surface area contributed by atoms with Gasteiger partial charge in [0.1, 0.15) is 0 Å².